The Bertz CT molecular complexity index is 628. The van der Waals surface area contributed by atoms with E-state index in [2.05, 4.69) is 58.1 Å². The molecule has 0 atom stereocenters. The highest BCUT2D eigenvalue weighted by Gasteiger charge is 2.25. The van der Waals surface area contributed by atoms with Gasteiger partial charge in [-0.05, 0) is 23.6 Å². The van der Waals surface area contributed by atoms with Gasteiger partial charge in [0.25, 0.3) is 0 Å². The van der Waals surface area contributed by atoms with E-state index in [9.17, 15) is 5.11 Å². The second-order valence-electron chi connectivity index (χ2n) is 7.47. The summed E-state index contributed by atoms with van der Waals surface area (Å²) in [4.78, 5) is 0. The Morgan fingerprint density at radius 1 is 1.00 bits per heavy atom. The van der Waals surface area contributed by atoms with Crippen LogP contribution in [0.25, 0.3) is 0 Å². The summed E-state index contributed by atoms with van der Waals surface area (Å²) in [5.41, 5.74) is 0.819. The van der Waals surface area contributed by atoms with Gasteiger partial charge in [-0.25, -0.2) is 0 Å². The molecular formula is C19H26O2Si. The molecule has 2 aromatic rings. The van der Waals surface area contributed by atoms with Crippen molar-refractivity contribution in [3.8, 4) is 11.5 Å². The van der Waals surface area contributed by atoms with Gasteiger partial charge in [0, 0.05) is 5.56 Å². The van der Waals surface area contributed by atoms with Crippen molar-refractivity contribution in [2.24, 2.45) is 0 Å². The molecule has 0 aliphatic heterocycles. The SMILES string of the molecule is CC(C)(C)c1cc(OC[Si](C)(C)c2ccccc2)ccc1O. The lowest BCUT2D eigenvalue weighted by Gasteiger charge is -2.25. The fourth-order valence-electron chi connectivity index (χ4n) is 2.44. The number of phenols is 1. The second-order valence-corrected chi connectivity index (χ2v) is 12.1. The summed E-state index contributed by atoms with van der Waals surface area (Å²) in [6, 6.07) is 16.1. The van der Waals surface area contributed by atoms with Gasteiger partial charge >= 0.3 is 0 Å². The Morgan fingerprint density at radius 3 is 2.23 bits per heavy atom. The molecule has 0 spiro atoms. The molecule has 0 heterocycles. The van der Waals surface area contributed by atoms with Gasteiger partial charge in [0.1, 0.15) is 19.6 Å². The molecule has 0 saturated heterocycles. The van der Waals surface area contributed by atoms with Crippen molar-refractivity contribution >= 4 is 13.3 Å². The quantitative estimate of drug-likeness (QED) is 0.856. The summed E-state index contributed by atoms with van der Waals surface area (Å²) >= 11 is 0. The van der Waals surface area contributed by atoms with Crippen LogP contribution in [0.5, 0.6) is 11.5 Å². The lowest BCUT2D eigenvalue weighted by Crippen LogP contribution is -2.47. The molecule has 0 unspecified atom stereocenters. The molecule has 0 fully saturated rings. The third-order valence-corrected chi connectivity index (χ3v) is 6.69. The van der Waals surface area contributed by atoms with Crippen LogP contribution in [0.4, 0.5) is 0 Å². The molecule has 0 amide bonds. The highest BCUT2D eigenvalue weighted by Crippen LogP contribution is 2.33. The zero-order chi connectivity index (χ0) is 16.4. The van der Waals surface area contributed by atoms with Gasteiger partial charge in [0.05, 0.1) is 6.23 Å². The van der Waals surface area contributed by atoms with E-state index in [4.69, 9.17) is 4.74 Å². The number of rotatable bonds is 4. The lowest BCUT2D eigenvalue weighted by atomic mass is 9.86. The molecule has 22 heavy (non-hydrogen) atoms. The number of hydrogen-bond acceptors (Lipinski definition) is 2. The summed E-state index contributed by atoms with van der Waals surface area (Å²) in [5.74, 6) is 1.17. The Balaban J connectivity index is 2.15. The Morgan fingerprint density at radius 2 is 1.64 bits per heavy atom. The highest BCUT2D eigenvalue weighted by molar-refractivity contribution is 6.89. The maximum Gasteiger partial charge on any atom is 0.124 e. The molecule has 1 N–H and O–H groups in total. The van der Waals surface area contributed by atoms with Crippen molar-refractivity contribution in [1.29, 1.82) is 0 Å². The van der Waals surface area contributed by atoms with Crippen LogP contribution in [-0.4, -0.2) is 19.4 Å². The van der Waals surface area contributed by atoms with Gasteiger partial charge in [-0.1, -0.05) is 69.4 Å². The Labute approximate surface area is 134 Å². The summed E-state index contributed by atoms with van der Waals surface area (Å²) in [5, 5.41) is 11.4. The topological polar surface area (TPSA) is 29.5 Å². The first-order chi connectivity index (χ1) is 10.2. The molecule has 2 aromatic carbocycles. The Hall–Kier alpha value is -1.74. The van der Waals surface area contributed by atoms with Gasteiger partial charge in [-0.15, -0.1) is 0 Å². The van der Waals surface area contributed by atoms with Crippen LogP contribution in [0.15, 0.2) is 48.5 Å². The number of hydrogen-bond donors (Lipinski definition) is 1. The molecular weight excluding hydrogens is 288 g/mol. The average Bonchev–Trinajstić information content (AvgIpc) is 2.46. The summed E-state index contributed by atoms with van der Waals surface area (Å²) in [7, 11) is -1.62. The molecule has 118 valence electrons. The van der Waals surface area contributed by atoms with Crippen LogP contribution in [0.2, 0.25) is 13.1 Å². The minimum Gasteiger partial charge on any atom is -0.508 e. The van der Waals surface area contributed by atoms with Crippen LogP contribution in [-0.2, 0) is 5.41 Å². The normalized spacial score (nSPS) is 12.2. The van der Waals surface area contributed by atoms with Crippen LogP contribution < -0.4 is 9.92 Å². The Kier molecular flexibility index (Phi) is 4.66. The van der Waals surface area contributed by atoms with Gasteiger partial charge in [0.15, 0.2) is 0 Å². The number of phenolic OH excluding ortho intramolecular Hbond substituents is 1. The summed E-state index contributed by atoms with van der Waals surface area (Å²) in [6.07, 6.45) is 0.728. The summed E-state index contributed by atoms with van der Waals surface area (Å²) < 4.78 is 6.07. The first kappa shape index (κ1) is 16.6. The molecule has 2 nitrogen and oxygen atoms in total. The third-order valence-electron chi connectivity index (χ3n) is 3.93. The van der Waals surface area contributed by atoms with Crippen molar-refractivity contribution in [3.63, 3.8) is 0 Å². The van der Waals surface area contributed by atoms with Crippen molar-refractivity contribution in [1.82, 2.24) is 0 Å². The molecule has 0 bridgehead atoms. The number of ether oxygens (including phenoxy) is 1. The first-order valence-electron chi connectivity index (χ1n) is 7.72. The van der Waals surface area contributed by atoms with Gasteiger partial charge in [-0.3, -0.25) is 0 Å². The maximum atomic E-state index is 10.0. The van der Waals surface area contributed by atoms with Gasteiger partial charge in [-0.2, -0.15) is 0 Å². The van der Waals surface area contributed by atoms with Crippen LogP contribution in [0.1, 0.15) is 26.3 Å². The third kappa shape index (κ3) is 3.92. The maximum absolute atomic E-state index is 10.0. The van der Waals surface area contributed by atoms with E-state index in [0.29, 0.717) is 5.75 Å². The van der Waals surface area contributed by atoms with E-state index >= 15 is 0 Å². The average molecular weight is 315 g/mol. The standard InChI is InChI=1S/C19H26O2Si/c1-19(2,3)17-13-15(11-12-18(17)20)21-14-22(4,5)16-9-7-6-8-10-16/h6-13,20H,14H2,1-5H3. The molecule has 0 aliphatic rings. The minimum absolute atomic E-state index is 0.101. The second kappa shape index (κ2) is 6.17. The number of benzene rings is 2. The molecule has 0 aliphatic carbocycles. The smallest absolute Gasteiger partial charge is 0.124 e. The van der Waals surface area contributed by atoms with Crippen molar-refractivity contribution in [2.45, 2.75) is 39.3 Å². The van der Waals surface area contributed by atoms with Crippen molar-refractivity contribution in [3.05, 3.63) is 54.1 Å². The largest absolute Gasteiger partial charge is 0.508 e. The van der Waals surface area contributed by atoms with Crippen LogP contribution in [0, 0.1) is 0 Å². The fourth-order valence-corrected chi connectivity index (χ4v) is 4.23. The highest BCUT2D eigenvalue weighted by atomic mass is 28.3. The molecule has 2 rings (SSSR count). The zero-order valence-corrected chi connectivity index (χ0v) is 15.2. The fraction of sp³-hybridized carbons (Fsp3) is 0.368. The van der Waals surface area contributed by atoms with E-state index in [1.807, 2.05) is 18.2 Å². The van der Waals surface area contributed by atoms with Crippen LogP contribution >= 0.6 is 0 Å². The number of aromatic hydroxyl groups is 1. The van der Waals surface area contributed by atoms with E-state index in [-0.39, 0.29) is 5.41 Å². The van der Waals surface area contributed by atoms with Gasteiger partial charge in [0.2, 0.25) is 0 Å². The molecule has 0 aromatic heterocycles. The van der Waals surface area contributed by atoms with Gasteiger partial charge < -0.3 is 9.84 Å². The van der Waals surface area contributed by atoms with E-state index in [1.54, 1.807) is 6.07 Å². The monoisotopic (exact) mass is 314 g/mol. The van der Waals surface area contributed by atoms with E-state index in [1.165, 1.54) is 5.19 Å². The summed E-state index contributed by atoms with van der Waals surface area (Å²) in [6.45, 7) is 10.9. The van der Waals surface area contributed by atoms with Crippen molar-refractivity contribution in [2.75, 3.05) is 6.23 Å². The van der Waals surface area contributed by atoms with E-state index < -0.39 is 8.07 Å². The lowest BCUT2D eigenvalue weighted by molar-refractivity contribution is 0.374. The van der Waals surface area contributed by atoms with Crippen molar-refractivity contribution < 1.29 is 9.84 Å². The zero-order valence-electron chi connectivity index (χ0n) is 14.2. The predicted molar refractivity (Wildman–Crippen MR) is 95.9 cm³/mol. The first-order valence-corrected chi connectivity index (χ1v) is 10.9. The molecule has 0 saturated carbocycles. The van der Waals surface area contributed by atoms with E-state index in [0.717, 1.165) is 17.5 Å². The minimum atomic E-state index is -1.62. The molecule has 3 heteroatoms. The van der Waals surface area contributed by atoms with Crippen LogP contribution in [0.3, 0.4) is 0 Å². The molecule has 0 radical (unpaired) electrons. The predicted octanol–water partition coefficient (Wildman–Crippen LogP) is 4.22.